The summed E-state index contributed by atoms with van der Waals surface area (Å²) in [5, 5.41) is 1.54. The highest BCUT2D eigenvalue weighted by Crippen LogP contribution is 2.46. The molecule has 0 spiro atoms. The molecular weight excluding hydrogens is 220 g/mol. The van der Waals surface area contributed by atoms with Crippen molar-refractivity contribution in [2.45, 2.75) is 52.0 Å². The van der Waals surface area contributed by atoms with E-state index >= 15 is 0 Å². The van der Waals surface area contributed by atoms with E-state index in [0.717, 1.165) is 15.4 Å². The van der Waals surface area contributed by atoms with E-state index in [1.54, 1.807) is 5.19 Å². The van der Waals surface area contributed by atoms with Crippen LogP contribution in [0.3, 0.4) is 0 Å². The molecular formula is C16H24Si. The van der Waals surface area contributed by atoms with Crippen molar-refractivity contribution in [2.24, 2.45) is 11.3 Å². The molecule has 0 unspecified atom stereocenters. The quantitative estimate of drug-likeness (QED) is 0.686. The normalized spacial score (nSPS) is 18.8. The molecule has 0 aliphatic heterocycles. The molecule has 1 aromatic rings. The predicted molar refractivity (Wildman–Crippen MR) is 77.0 cm³/mol. The third kappa shape index (κ3) is 3.70. The molecule has 1 heteroatoms. The van der Waals surface area contributed by atoms with Crippen molar-refractivity contribution < 1.29 is 0 Å². The van der Waals surface area contributed by atoms with E-state index < -0.39 is 0 Å². The zero-order valence-electron chi connectivity index (χ0n) is 11.2. The fraction of sp³-hybridized carbons (Fsp3) is 0.625. The van der Waals surface area contributed by atoms with Crippen molar-refractivity contribution in [3.63, 3.8) is 0 Å². The number of rotatable bonds is 5. The Bertz CT molecular complexity index is 323. The second-order valence-electron chi connectivity index (χ2n) is 6.02. The second-order valence-corrected chi connectivity index (χ2v) is 7.31. The Morgan fingerprint density at radius 3 is 2.35 bits per heavy atom. The van der Waals surface area contributed by atoms with Gasteiger partial charge in [0, 0.05) is 0 Å². The summed E-state index contributed by atoms with van der Waals surface area (Å²) in [6.07, 6.45) is 7.32. The van der Waals surface area contributed by atoms with Crippen LogP contribution in [-0.2, 0) is 0 Å². The first kappa shape index (κ1) is 12.9. The molecule has 1 aliphatic carbocycles. The van der Waals surface area contributed by atoms with E-state index in [0.29, 0.717) is 5.41 Å². The number of hydrogen-bond donors (Lipinski definition) is 0. The van der Waals surface area contributed by atoms with Gasteiger partial charge in [0.15, 0.2) is 0 Å². The van der Waals surface area contributed by atoms with E-state index in [1.165, 1.54) is 38.1 Å². The molecule has 0 bridgehead atoms. The zero-order chi connectivity index (χ0) is 12.1. The molecule has 1 fully saturated rings. The Balaban J connectivity index is 1.94. The van der Waals surface area contributed by atoms with Crippen LogP contribution in [0, 0.1) is 11.3 Å². The number of hydrogen-bond acceptors (Lipinski definition) is 0. The SMILES string of the molecule is CC(C)CC1(C[Si]c2ccccc2)CCCC1. The molecule has 0 nitrogen and oxygen atoms in total. The highest BCUT2D eigenvalue weighted by Gasteiger charge is 2.33. The first-order chi connectivity index (χ1) is 8.20. The summed E-state index contributed by atoms with van der Waals surface area (Å²) in [6.45, 7) is 4.76. The molecule has 1 aromatic carbocycles. The van der Waals surface area contributed by atoms with Crippen molar-refractivity contribution >= 4 is 14.7 Å². The molecule has 0 saturated heterocycles. The lowest BCUT2D eigenvalue weighted by Gasteiger charge is -2.31. The van der Waals surface area contributed by atoms with Gasteiger partial charge >= 0.3 is 0 Å². The van der Waals surface area contributed by atoms with E-state index in [4.69, 9.17) is 0 Å². The average Bonchev–Trinajstić information content (AvgIpc) is 2.76. The van der Waals surface area contributed by atoms with Crippen LogP contribution in [0.4, 0.5) is 0 Å². The van der Waals surface area contributed by atoms with Crippen molar-refractivity contribution in [2.75, 3.05) is 0 Å². The van der Waals surface area contributed by atoms with Crippen LogP contribution in [0.1, 0.15) is 46.0 Å². The Morgan fingerprint density at radius 1 is 1.12 bits per heavy atom. The summed E-state index contributed by atoms with van der Waals surface area (Å²) in [5.74, 6) is 0.855. The van der Waals surface area contributed by atoms with Gasteiger partial charge in [-0.15, -0.1) is 0 Å². The van der Waals surface area contributed by atoms with Crippen LogP contribution >= 0.6 is 0 Å². The summed E-state index contributed by atoms with van der Waals surface area (Å²) < 4.78 is 0. The van der Waals surface area contributed by atoms with Crippen LogP contribution in [-0.4, -0.2) is 9.52 Å². The topological polar surface area (TPSA) is 0 Å². The summed E-state index contributed by atoms with van der Waals surface area (Å²) in [6, 6.07) is 12.5. The summed E-state index contributed by atoms with van der Waals surface area (Å²) in [4.78, 5) is 0. The van der Waals surface area contributed by atoms with E-state index in [2.05, 4.69) is 44.2 Å². The third-order valence-electron chi connectivity index (χ3n) is 3.95. The maximum atomic E-state index is 2.38. The van der Waals surface area contributed by atoms with Crippen LogP contribution in [0.25, 0.3) is 0 Å². The molecule has 0 amide bonds. The molecule has 17 heavy (non-hydrogen) atoms. The highest BCUT2D eigenvalue weighted by atomic mass is 28.2. The Morgan fingerprint density at radius 2 is 1.76 bits per heavy atom. The fourth-order valence-corrected chi connectivity index (χ4v) is 4.79. The fourth-order valence-electron chi connectivity index (χ4n) is 3.29. The first-order valence-corrected chi connectivity index (χ1v) is 8.20. The molecule has 1 saturated carbocycles. The van der Waals surface area contributed by atoms with Crippen molar-refractivity contribution in [3.8, 4) is 0 Å². The lowest BCUT2D eigenvalue weighted by molar-refractivity contribution is 0.265. The molecule has 0 aromatic heterocycles. The monoisotopic (exact) mass is 244 g/mol. The number of benzene rings is 1. The van der Waals surface area contributed by atoms with Gasteiger partial charge < -0.3 is 0 Å². The Labute approximate surface area is 109 Å². The molecule has 2 radical (unpaired) electrons. The summed E-state index contributed by atoms with van der Waals surface area (Å²) >= 11 is 0. The van der Waals surface area contributed by atoms with Gasteiger partial charge in [-0.1, -0.05) is 68.3 Å². The van der Waals surface area contributed by atoms with Crippen LogP contribution in [0.5, 0.6) is 0 Å². The standard InChI is InChI=1S/C16H24Si/c1-14(2)12-16(10-6-7-11-16)13-17-15-8-4-3-5-9-15/h3-5,8-9,14H,6-7,10-13H2,1-2H3. The summed E-state index contributed by atoms with van der Waals surface area (Å²) in [7, 11) is 1.01. The lowest BCUT2D eigenvalue weighted by Crippen LogP contribution is -2.25. The minimum Gasteiger partial charge on any atom is -0.0642 e. The second kappa shape index (κ2) is 5.86. The van der Waals surface area contributed by atoms with Gasteiger partial charge in [0.1, 0.15) is 0 Å². The van der Waals surface area contributed by atoms with Gasteiger partial charge in [0.2, 0.25) is 0 Å². The smallest absolute Gasteiger partial charge is 0.0642 e. The van der Waals surface area contributed by atoms with E-state index in [-0.39, 0.29) is 0 Å². The largest absolute Gasteiger partial charge is 0.0813 e. The van der Waals surface area contributed by atoms with Gasteiger partial charge in [-0.25, -0.2) is 0 Å². The molecule has 0 atom stereocenters. The highest BCUT2D eigenvalue weighted by molar-refractivity contribution is 6.53. The maximum Gasteiger partial charge on any atom is 0.0813 e. The van der Waals surface area contributed by atoms with Crippen molar-refractivity contribution in [1.29, 1.82) is 0 Å². The predicted octanol–water partition coefficient (Wildman–Crippen LogP) is 4.04. The van der Waals surface area contributed by atoms with Crippen LogP contribution in [0.15, 0.2) is 30.3 Å². The molecule has 0 N–H and O–H groups in total. The minimum absolute atomic E-state index is 0.683. The minimum atomic E-state index is 0.683. The van der Waals surface area contributed by atoms with Gasteiger partial charge in [0.25, 0.3) is 0 Å². The van der Waals surface area contributed by atoms with E-state index in [9.17, 15) is 0 Å². The molecule has 2 rings (SSSR count). The molecule has 1 aliphatic rings. The molecule has 92 valence electrons. The first-order valence-electron chi connectivity index (χ1n) is 6.99. The third-order valence-corrected chi connectivity index (χ3v) is 5.62. The van der Waals surface area contributed by atoms with Gasteiger partial charge in [-0.05, 0) is 30.6 Å². The van der Waals surface area contributed by atoms with Crippen LogP contribution in [0.2, 0.25) is 6.04 Å². The van der Waals surface area contributed by atoms with Gasteiger partial charge in [0.05, 0.1) is 9.52 Å². The van der Waals surface area contributed by atoms with Gasteiger partial charge in [-0.2, -0.15) is 0 Å². The maximum absolute atomic E-state index is 2.38. The Hall–Kier alpha value is -0.563. The van der Waals surface area contributed by atoms with Crippen molar-refractivity contribution in [1.82, 2.24) is 0 Å². The van der Waals surface area contributed by atoms with Gasteiger partial charge in [-0.3, -0.25) is 0 Å². The zero-order valence-corrected chi connectivity index (χ0v) is 12.2. The lowest BCUT2D eigenvalue weighted by atomic mass is 9.80. The summed E-state index contributed by atoms with van der Waals surface area (Å²) in [5.41, 5.74) is 0.683. The van der Waals surface area contributed by atoms with E-state index in [1.807, 2.05) is 0 Å². The van der Waals surface area contributed by atoms with Crippen LogP contribution < -0.4 is 5.19 Å². The average molecular weight is 244 g/mol. The van der Waals surface area contributed by atoms with Crippen molar-refractivity contribution in [3.05, 3.63) is 30.3 Å². The Kier molecular flexibility index (Phi) is 4.44. The molecule has 0 heterocycles.